The average molecular weight is 279 g/mol. The van der Waals surface area contributed by atoms with E-state index in [2.05, 4.69) is 5.16 Å². The van der Waals surface area contributed by atoms with Gasteiger partial charge in [-0.1, -0.05) is 23.4 Å². The molecule has 108 valence electrons. The monoisotopic (exact) mass is 279 g/mol. The van der Waals surface area contributed by atoms with E-state index in [-0.39, 0.29) is 17.8 Å². The molecule has 0 spiro atoms. The van der Waals surface area contributed by atoms with Crippen LogP contribution in [0, 0.1) is 17.7 Å². The van der Waals surface area contributed by atoms with Gasteiger partial charge in [-0.2, -0.15) is 0 Å². The molecule has 1 aromatic rings. The number of oxime groups is 1. The number of hydrogen-bond acceptors (Lipinski definition) is 4. The van der Waals surface area contributed by atoms with Crippen LogP contribution in [0.3, 0.4) is 0 Å². The molecule has 0 atom stereocenters. The maximum atomic E-state index is 13.8. The van der Waals surface area contributed by atoms with Crippen molar-refractivity contribution in [1.82, 2.24) is 0 Å². The Hall–Kier alpha value is -1.91. The second-order valence-electron chi connectivity index (χ2n) is 5.04. The summed E-state index contributed by atoms with van der Waals surface area (Å²) in [5.74, 6) is -0.721. The van der Waals surface area contributed by atoms with Crippen molar-refractivity contribution in [1.29, 1.82) is 0 Å². The summed E-state index contributed by atoms with van der Waals surface area (Å²) in [6.07, 6.45) is 2.72. The first kappa shape index (κ1) is 14.5. The molecule has 0 unspecified atom stereocenters. The van der Waals surface area contributed by atoms with E-state index >= 15 is 0 Å². The Morgan fingerprint density at radius 3 is 2.40 bits per heavy atom. The van der Waals surface area contributed by atoms with Crippen molar-refractivity contribution in [2.24, 2.45) is 17.0 Å². The normalized spacial score (nSPS) is 23.4. The lowest BCUT2D eigenvalue weighted by molar-refractivity contribution is -0.146. The smallest absolute Gasteiger partial charge is 0.308 e. The van der Waals surface area contributed by atoms with Crippen molar-refractivity contribution < 1.29 is 19.1 Å². The van der Waals surface area contributed by atoms with Gasteiger partial charge in [-0.25, -0.2) is 4.39 Å². The van der Waals surface area contributed by atoms with E-state index in [0.717, 1.165) is 0 Å². The van der Waals surface area contributed by atoms with Crippen molar-refractivity contribution in [3.05, 3.63) is 35.6 Å². The van der Waals surface area contributed by atoms with E-state index in [9.17, 15) is 14.4 Å². The van der Waals surface area contributed by atoms with E-state index in [0.29, 0.717) is 37.0 Å². The van der Waals surface area contributed by atoms with E-state index in [1.165, 1.54) is 13.2 Å². The summed E-state index contributed by atoms with van der Waals surface area (Å²) >= 11 is 0. The van der Waals surface area contributed by atoms with E-state index in [1.54, 1.807) is 18.2 Å². The Morgan fingerprint density at radius 2 is 1.85 bits per heavy atom. The first-order valence-electron chi connectivity index (χ1n) is 6.72. The van der Waals surface area contributed by atoms with Gasteiger partial charge < -0.3 is 9.94 Å². The van der Waals surface area contributed by atoms with Gasteiger partial charge in [-0.05, 0) is 31.7 Å². The number of carbonyl (C=O) groups is 1. The van der Waals surface area contributed by atoms with Crippen LogP contribution in [0.25, 0.3) is 0 Å². The molecule has 0 amide bonds. The zero-order chi connectivity index (χ0) is 14.5. The lowest BCUT2D eigenvalue weighted by Gasteiger charge is -2.27. The van der Waals surface area contributed by atoms with Crippen LogP contribution in [0.2, 0.25) is 0 Å². The molecule has 4 nitrogen and oxygen atoms in total. The van der Waals surface area contributed by atoms with E-state index in [4.69, 9.17) is 4.74 Å². The number of methoxy groups -OCH3 is 1. The van der Waals surface area contributed by atoms with Crippen LogP contribution in [-0.2, 0) is 9.53 Å². The Morgan fingerprint density at radius 1 is 1.25 bits per heavy atom. The number of nitrogens with zero attached hydrogens (tertiary/aromatic N) is 1. The largest absolute Gasteiger partial charge is 0.469 e. The molecule has 0 aromatic heterocycles. The minimum atomic E-state index is -0.393. The highest BCUT2D eigenvalue weighted by atomic mass is 19.1. The molecule has 1 fully saturated rings. The van der Waals surface area contributed by atoms with Gasteiger partial charge >= 0.3 is 5.97 Å². The third-order valence-corrected chi connectivity index (χ3v) is 3.91. The molecule has 0 saturated heterocycles. The molecule has 5 heteroatoms. The number of ether oxygens (including phenoxy) is 1. The van der Waals surface area contributed by atoms with Gasteiger partial charge in [0.05, 0.1) is 18.7 Å². The van der Waals surface area contributed by atoms with Gasteiger partial charge in [-0.3, -0.25) is 4.79 Å². The first-order valence-corrected chi connectivity index (χ1v) is 6.72. The molecular weight excluding hydrogens is 261 g/mol. The van der Waals surface area contributed by atoms with Crippen LogP contribution in [0.1, 0.15) is 31.2 Å². The minimum Gasteiger partial charge on any atom is -0.469 e. The Labute approximate surface area is 117 Å². The maximum Gasteiger partial charge on any atom is 0.308 e. The number of rotatable bonds is 3. The lowest BCUT2D eigenvalue weighted by Crippen LogP contribution is -2.27. The molecule has 1 aromatic carbocycles. The lowest BCUT2D eigenvalue weighted by atomic mass is 9.78. The summed E-state index contributed by atoms with van der Waals surface area (Å²) in [6.45, 7) is 0. The number of esters is 1. The fourth-order valence-electron chi connectivity index (χ4n) is 2.79. The van der Waals surface area contributed by atoms with Crippen LogP contribution in [0.5, 0.6) is 0 Å². The van der Waals surface area contributed by atoms with Gasteiger partial charge in [0.1, 0.15) is 5.82 Å². The predicted molar refractivity (Wildman–Crippen MR) is 72.2 cm³/mol. The van der Waals surface area contributed by atoms with Gasteiger partial charge in [0, 0.05) is 11.5 Å². The highest BCUT2D eigenvalue weighted by Gasteiger charge is 2.30. The first-order chi connectivity index (χ1) is 9.67. The quantitative estimate of drug-likeness (QED) is 0.400. The minimum absolute atomic E-state index is 0.0298. The Bertz CT molecular complexity index is 508. The van der Waals surface area contributed by atoms with Crippen molar-refractivity contribution in [3.63, 3.8) is 0 Å². The maximum absolute atomic E-state index is 13.8. The topological polar surface area (TPSA) is 58.9 Å². The van der Waals surface area contributed by atoms with Crippen molar-refractivity contribution in [2.75, 3.05) is 7.11 Å². The summed E-state index contributed by atoms with van der Waals surface area (Å²) in [7, 11) is 1.38. The van der Waals surface area contributed by atoms with E-state index < -0.39 is 5.82 Å². The second-order valence-corrected chi connectivity index (χ2v) is 5.04. The number of carbonyl (C=O) groups excluding carboxylic acids is 1. The summed E-state index contributed by atoms with van der Waals surface area (Å²) < 4.78 is 18.5. The average Bonchev–Trinajstić information content (AvgIpc) is 2.50. The molecular formula is C15H18FNO3. The Balaban J connectivity index is 2.09. The van der Waals surface area contributed by atoms with Gasteiger partial charge in [0.15, 0.2) is 0 Å². The zero-order valence-electron chi connectivity index (χ0n) is 11.4. The molecule has 0 heterocycles. The molecule has 1 saturated carbocycles. The highest BCUT2D eigenvalue weighted by Crippen LogP contribution is 2.32. The number of halogens is 1. The van der Waals surface area contributed by atoms with Crippen LogP contribution in [-0.4, -0.2) is 24.0 Å². The molecule has 0 aliphatic heterocycles. The third-order valence-electron chi connectivity index (χ3n) is 3.91. The SMILES string of the molecule is COC(=O)C1CCC(C(=NO)c2ccccc2F)CC1. The highest BCUT2D eigenvalue weighted by molar-refractivity contribution is 6.02. The summed E-state index contributed by atoms with van der Waals surface area (Å²) in [5, 5.41) is 12.5. The summed E-state index contributed by atoms with van der Waals surface area (Å²) in [5.41, 5.74) is 0.697. The van der Waals surface area contributed by atoms with Gasteiger partial charge in [0.25, 0.3) is 0 Å². The fraction of sp³-hybridized carbons (Fsp3) is 0.467. The third kappa shape index (κ3) is 2.98. The molecule has 2 rings (SSSR count). The summed E-state index contributed by atoms with van der Waals surface area (Å²) in [4.78, 5) is 11.5. The summed E-state index contributed by atoms with van der Waals surface area (Å²) in [6, 6.07) is 6.27. The molecule has 0 bridgehead atoms. The number of hydrogen-bond donors (Lipinski definition) is 1. The van der Waals surface area contributed by atoms with Crippen LogP contribution in [0.4, 0.5) is 4.39 Å². The van der Waals surface area contributed by atoms with Gasteiger partial charge in [-0.15, -0.1) is 0 Å². The fourth-order valence-corrected chi connectivity index (χ4v) is 2.79. The molecule has 0 radical (unpaired) electrons. The van der Waals surface area contributed by atoms with Crippen LogP contribution < -0.4 is 0 Å². The number of benzene rings is 1. The second kappa shape index (κ2) is 6.50. The van der Waals surface area contributed by atoms with Crippen molar-refractivity contribution in [3.8, 4) is 0 Å². The standard InChI is InChI=1S/C15H18FNO3/c1-20-15(18)11-8-6-10(7-9-11)14(17-19)12-4-2-3-5-13(12)16/h2-5,10-11,19H,6-9H2,1H3. The predicted octanol–water partition coefficient (Wildman–Crippen LogP) is 2.98. The molecule has 1 N–H and O–H groups in total. The van der Waals surface area contributed by atoms with E-state index in [1.807, 2.05) is 0 Å². The Kier molecular flexibility index (Phi) is 4.71. The van der Waals surface area contributed by atoms with Gasteiger partial charge in [0.2, 0.25) is 0 Å². The van der Waals surface area contributed by atoms with Crippen molar-refractivity contribution >= 4 is 11.7 Å². The zero-order valence-corrected chi connectivity index (χ0v) is 11.4. The molecule has 20 heavy (non-hydrogen) atoms. The van der Waals surface area contributed by atoms with Crippen molar-refractivity contribution in [2.45, 2.75) is 25.7 Å². The van der Waals surface area contributed by atoms with Crippen LogP contribution in [0.15, 0.2) is 29.4 Å². The van der Waals surface area contributed by atoms with Crippen LogP contribution >= 0.6 is 0 Å². The molecule has 1 aliphatic carbocycles. The molecule has 1 aliphatic rings.